The molecule has 0 saturated carbocycles. The Balaban J connectivity index is 0.000000156. The lowest BCUT2D eigenvalue weighted by Gasteiger charge is -2.23. The molecule has 0 saturated heterocycles. The van der Waals surface area contributed by atoms with Crippen LogP contribution in [0.1, 0.15) is 49.9 Å². The van der Waals surface area contributed by atoms with Crippen LogP contribution >= 0.6 is 0 Å². The predicted molar refractivity (Wildman–Crippen MR) is 313 cm³/mol. The third-order valence-corrected chi connectivity index (χ3v) is 14.9. The summed E-state index contributed by atoms with van der Waals surface area (Å²) in [6.45, 7) is 9.20. The zero-order valence-electron chi connectivity index (χ0n) is 41.9. The van der Waals surface area contributed by atoms with Gasteiger partial charge in [0.25, 0.3) is 0 Å². The average molecular weight is 925 g/mol. The van der Waals surface area contributed by atoms with Crippen molar-refractivity contribution in [3.05, 3.63) is 265 Å². The maximum atomic E-state index is 2.39. The molecule has 0 bridgehead atoms. The molecule has 0 fully saturated rings. The summed E-state index contributed by atoms with van der Waals surface area (Å²) < 4.78 is 0. The van der Waals surface area contributed by atoms with Crippen LogP contribution in [0.25, 0.3) is 110 Å². The smallest absolute Gasteiger partial charge is 0.00580 e. The van der Waals surface area contributed by atoms with Crippen LogP contribution in [0.5, 0.6) is 0 Å². The molecule has 0 aliphatic carbocycles. The second-order valence-electron chi connectivity index (χ2n) is 18.9. The van der Waals surface area contributed by atoms with Gasteiger partial charge in [-0.2, -0.15) is 0 Å². The van der Waals surface area contributed by atoms with Gasteiger partial charge in [-0.15, -0.1) is 0 Å². The molecule has 0 unspecified atom stereocenters. The van der Waals surface area contributed by atoms with E-state index in [2.05, 4.69) is 270 Å². The minimum Gasteiger partial charge on any atom is -0.0622 e. The van der Waals surface area contributed by atoms with E-state index in [0.29, 0.717) is 0 Å². The van der Waals surface area contributed by atoms with Gasteiger partial charge in [-0.1, -0.05) is 246 Å². The van der Waals surface area contributed by atoms with Crippen molar-refractivity contribution in [2.45, 2.75) is 53.4 Å². The van der Waals surface area contributed by atoms with Gasteiger partial charge in [0, 0.05) is 0 Å². The van der Waals surface area contributed by atoms with E-state index < -0.39 is 0 Å². The lowest BCUT2D eigenvalue weighted by atomic mass is 9.80. The molecule has 0 N–H and O–H groups in total. The van der Waals surface area contributed by atoms with Gasteiger partial charge in [-0.3, -0.25) is 0 Å². The summed E-state index contributed by atoms with van der Waals surface area (Å²) in [4.78, 5) is 0. The Morgan fingerprint density at radius 1 is 0.208 bits per heavy atom. The number of benzene rings is 12. The normalized spacial score (nSPS) is 11.3. The van der Waals surface area contributed by atoms with Crippen molar-refractivity contribution < 1.29 is 0 Å². The molecule has 0 nitrogen and oxygen atoms in total. The topological polar surface area (TPSA) is 0 Å². The molecule has 12 aromatic carbocycles. The van der Waals surface area contributed by atoms with E-state index >= 15 is 0 Å². The molecule has 348 valence electrons. The fourth-order valence-corrected chi connectivity index (χ4v) is 11.7. The number of fused-ring (bicyclic) bond motifs is 4. The molecule has 0 aromatic heterocycles. The van der Waals surface area contributed by atoms with Crippen molar-refractivity contribution in [3.8, 4) is 66.8 Å². The van der Waals surface area contributed by atoms with Gasteiger partial charge in [0.2, 0.25) is 0 Å². The summed E-state index contributed by atoms with van der Waals surface area (Å²) in [5.41, 5.74) is 21.7. The molecule has 0 spiro atoms. The quantitative estimate of drug-likeness (QED) is 0.128. The minimum atomic E-state index is 0.970. The molecule has 12 rings (SSSR count). The van der Waals surface area contributed by atoms with Crippen molar-refractivity contribution in [2.75, 3.05) is 0 Å². The van der Waals surface area contributed by atoms with Crippen LogP contribution in [0.4, 0.5) is 0 Å². The highest BCUT2D eigenvalue weighted by Crippen LogP contribution is 2.48. The second-order valence-corrected chi connectivity index (χ2v) is 18.9. The highest BCUT2D eigenvalue weighted by Gasteiger charge is 2.24. The minimum absolute atomic E-state index is 0.970. The summed E-state index contributed by atoms with van der Waals surface area (Å²) >= 11 is 0. The fourth-order valence-electron chi connectivity index (χ4n) is 11.7. The highest BCUT2D eigenvalue weighted by molar-refractivity contribution is 6.13. The maximum Gasteiger partial charge on any atom is -0.00580 e. The molecule has 0 aliphatic heterocycles. The van der Waals surface area contributed by atoms with Gasteiger partial charge < -0.3 is 0 Å². The molecule has 72 heavy (non-hydrogen) atoms. The van der Waals surface area contributed by atoms with Gasteiger partial charge in [0.1, 0.15) is 0 Å². The molecule has 12 aromatic rings. The Bertz CT molecular complexity index is 3350. The van der Waals surface area contributed by atoms with Crippen LogP contribution in [-0.4, -0.2) is 0 Å². The molecule has 0 atom stereocenters. The Hall–Kier alpha value is -8.32. The maximum absolute atomic E-state index is 2.39. The standard InChI is InChI=1S/2C36H30/c2*1-3-29-33(25-15-7-5-8-16-25)23-27-19-11-13-21-31(27)35(29)36-30(4-2)34(26-17-9-6-10-18-26)24-28-20-12-14-22-32(28)36/h2*5-24H,3-4H2,1-2H3. The van der Waals surface area contributed by atoms with Crippen molar-refractivity contribution in [1.29, 1.82) is 0 Å². The van der Waals surface area contributed by atoms with Crippen LogP contribution < -0.4 is 0 Å². The fraction of sp³-hybridized carbons (Fsp3) is 0.111. The van der Waals surface area contributed by atoms with Gasteiger partial charge >= 0.3 is 0 Å². The van der Waals surface area contributed by atoms with Gasteiger partial charge in [0.05, 0.1) is 0 Å². The van der Waals surface area contributed by atoms with Crippen LogP contribution in [0.15, 0.2) is 243 Å². The second kappa shape index (κ2) is 20.6. The van der Waals surface area contributed by atoms with Crippen molar-refractivity contribution in [1.82, 2.24) is 0 Å². The molecular formula is C72H60. The van der Waals surface area contributed by atoms with Gasteiger partial charge in [-0.05, 0) is 182 Å². The van der Waals surface area contributed by atoms with Crippen LogP contribution in [0, 0.1) is 0 Å². The van der Waals surface area contributed by atoms with E-state index in [-0.39, 0.29) is 0 Å². The third-order valence-electron chi connectivity index (χ3n) is 14.9. The Morgan fingerprint density at radius 2 is 0.389 bits per heavy atom. The molecule has 0 radical (unpaired) electrons. The molecule has 0 heteroatoms. The molecule has 0 amide bonds. The summed E-state index contributed by atoms with van der Waals surface area (Å²) in [5, 5.41) is 10.5. The van der Waals surface area contributed by atoms with E-state index in [0.717, 1.165) is 25.7 Å². The zero-order chi connectivity index (χ0) is 49.0. The lowest BCUT2D eigenvalue weighted by Crippen LogP contribution is -2.00. The largest absolute Gasteiger partial charge is 0.0622 e. The highest BCUT2D eigenvalue weighted by atomic mass is 14.3. The van der Waals surface area contributed by atoms with E-state index in [1.807, 2.05) is 0 Å². The summed E-state index contributed by atoms with van der Waals surface area (Å²) in [5.74, 6) is 0. The first-order valence-electron chi connectivity index (χ1n) is 26.0. The predicted octanol–water partition coefficient (Wildman–Crippen LogP) is 20.2. The first kappa shape index (κ1) is 46.1. The van der Waals surface area contributed by atoms with E-state index in [1.165, 1.54) is 132 Å². The molecular weight excluding hydrogens is 865 g/mol. The summed E-state index contributed by atoms with van der Waals surface area (Å²) in [6, 6.07) is 88.7. The first-order valence-corrected chi connectivity index (χ1v) is 26.0. The Labute approximate surface area is 425 Å². The van der Waals surface area contributed by atoms with Crippen molar-refractivity contribution in [3.63, 3.8) is 0 Å². The van der Waals surface area contributed by atoms with Crippen LogP contribution in [0.3, 0.4) is 0 Å². The van der Waals surface area contributed by atoms with E-state index in [9.17, 15) is 0 Å². The average Bonchev–Trinajstić information content (AvgIpc) is 3.46. The number of rotatable bonds is 10. The summed E-state index contributed by atoms with van der Waals surface area (Å²) in [6.07, 6.45) is 3.88. The van der Waals surface area contributed by atoms with Gasteiger partial charge in [0.15, 0.2) is 0 Å². The SMILES string of the molecule is CCc1c(-c2ccccc2)cc2ccccc2c1-c1c(CC)c(-c2ccccc2)cc2ccccc12.CCc1c(-c2ccccc2)cc2ccccc2c1-c1c(CC)c(-c2ccccc2)cc2ccccc12. The Kier molecular flexibility index (Phi) is 13.2. The summed E-state index contributed by atoms with van der Waals surface area (Å²) in [7, 11) is 0. The molecule has 0 aliphatic rings. The monoisotopic (exact) mass is 924 g/mol. The molecule has 0 heterocycles. The number of hydrogen-bond donors (Lipinski definition) is 0. The van der Waals surface area contributed by atoms with Crippen LogP contribution in [0.2, 0.25) is 0 Å². The van der Waals surface area contributed by atoms with Crippen molar-refractivity contribution >= 4 is 43.1 Å². The van der Waals surface area contributed by atoms with Gasteiger partial charge in [-0.25, -0.2) is 0 Å². The van der Waals surface area contributed by atoms with E-state index in [4.69, 9.17) is 0 Å². The zero-order valence-corrected chi connectivity index (χ0v) is 41.9. The van der Waals surface area contributed by atoms with Crippen LogP contribution in [-0.2, 0) is 25.7 Å². The first-order chi connectivity index (χ1) is 35.6. The van der Waals surface area contributed by atoms with E-state index in [1.54, 1.807) is 0 Å². The third kappa shape index (κ3) is 8.48. The number of hydrogen-bond acceptors (Lipinski definition) is 0. The Morgan fingerprint density at radius 3 is 0.583 bits per heavy atom. The lowest BCUT2D eigenvalue weighted by molar-refractivity contribution is 1.13. The van der Waals surface area contributed by atoms with Crippen molar-refractivity contribution in [2.24, 2.45) is 0 Å².